The van der Waals surface area contributed by atoms with Gasteiger partial charge in [-0.05, 0) is 86.8 Å². The first-order valence-corrected chi connectivity index (χ1v) is 15.0. The van der Waals surface area contributed by atoms with E-state index in [-0.39, 0.29) is 5.92 Å². The minimum Gasteiger partial charge on any atom is -0.489 e. The minimum absolute atomic E-state index is 0.169. The smallest absolute Gasteiger partial charge is 0.213 e. The van der Waals surface area contributed by atoms with Crippen LogP contribution in [-0.4, -0.2) is 45.0 Å². The Bertz CT molecular complexity index is 1240. The SMILES string of the molecule is COc1cc(-c2ccc(OCc3cccc(C(CP(O)O)C4CC4)c3)cc2CN(C(C)C)C(C)C)c(F)cn1. The zero-order valence-corrected chi connectivity index (χ0v) is 24.4. The largest absolute Gasteiger partial charge is 0.489 e. The van der Waals surface area contributed by atoms with Crippen LogP contribution in [0.3, 0.4) is 0 Å². The van der Waals surface area contributed by atoms with E-state index < -0.39 is 14.2 Å². The molecule has 1 atom stereocenters. The number of methoxy groups -OCH3 is 1. The number of benzene rings is 2. The second kappa shape index (κ2) is 13.2. The second-order valence-electron chi connectivity index (χ2n) is 10.9. The summed E-state index contributed by atoms with van der Waals surface area (Å²) in [5.74, 6) is 1.37. The Hall–Kier alpha value is -2.57. The summed E-state index contributed by atoms with van der Waals surface area (Å²) in [4.78, 5) is 25.7. The number of rotatable bonds is 13. The number of hydrogen-bond donors (Lipinski definition) is 2. The van der Waals surface area contributed by atoms with Crippen LogP contribution in [0.1, 0.15) is 63.1 Å². The van der Waals surface area contributed by atoms with E-state index in [0.717, 1.165) is 35.1 Å². The Kier molecular flexibility index (Phi) is 9.95. The molecule has 1 saturated carbocycles. The van der Waals surface area contributed by atoms with Crippen molar-refractivity contribution >= 4 is 8.38 Å². The molecule has 2 aromatic carbocycles. The zero-order chi connectivity index (χ0) is 28.1. The van der Waals surface area contributed by atoms with Crippen LogP contribution >= 0.6 is 8.38 Å². The number of halogens is 1. The monoisotopic (exact) mass is 554 g/mol. The molecule has 0 saturated heterocycles. The Morgan fingerprint density at radius 2 is 1.77 bits per heavy atom. The highest BCUT2D eigenvalue weighted by molar-refractivity contribution is 7.45. The van der Waals surface area contributed by atoms with Crippen molar-refractivity contribution in [3.8, 4) is 22.8 Å². The van der Waals surface area contributed by atoms with Crippen molar-refractivity contribution < 1.29 is 23.7 Å². The third kappa shape index (κ3) is 7.76. The van der Waals surface area contributed by atoms with Crippen molar-refractivity contribution in [1.82, 2.24) is 9.88 Å². The number of ether oxygens (including phenoxy) is 2. The van der Waals surface area contributed by atoms with Crippen LogP contribution in [0.15, 0.2) is 54.7 Å². The lowest BCUT2D eigenvalue weighted by Crippen LogP contribution is -2.36. The molecule has 210 valence electrons. The van der Waals surface area contributed by atoms with Crippen LogP contribution in [-0.2, 0) is 13.2 Å². The molecule has 1 aromatic heterocycles. The molecule has 39 heavy (non-hydrogen) atoms. The van der Waals surface area contributed by atoms with E-state index in [0.29, 0.717) is 54.5 Å². The van der Waals surface area contributed by atoms with Gasteiger partial charge in [-0.1, -0.05) is 30.3 Å². The molecule has 1 aliphatic carbocycles. The average molecular weight is 555 g/mol. The molecule has 4 rings (SSSR count). The molecule has 0 spiro atoms. The van der Waals surface area contributed by atoms with Gasteiger partial charge in [-0.3, -0.25) is 4.90 Å². The third-order valence-corrected chi connectivity index (χ3v) is 8.14. The summed E-state index contributed by atoms with van der Waals surface area (Å²) in [7, 11) is -0.409. The molecule has 1 heterocycles. The molecule has 0 bridgehead atoms. The van der Waals surface area contributed by atoms with E-state index in [1.807, 2.05) is 30.3 Å². The highest BCUT2D eigenvalue weighted by atomic mass is 31.2. The molecule has 1 fully saturated rings. The van der Waals surface area contributed by atoms with E-state index in [9.17, 15) is 14.2 Å². The van der Waals surface area contributed by atoms with Crippen LogP contribution in [0, 0.1) is 11.7 Å². The van der Waals surface area contributed by atoms with Gasteiger partial charge in [0, 0.05) is 36.4 Å². The van der Waals surface area contributed by atoms with Gasteiger partial charge >= 0.3 is 0 Å². The van der Waals surface area contributed by atoms with Crippen LogP contribution in [0.4, 0.5) is 4.39 Å². The maximum absolute atomic E-state index is 14.9. The topological polar surface area (TPSA) is 75.1 Å². The number of hydrogen-bond acceptors (Lipinski definition) is 6. The fraction of sp³-hybridized carbons (Fsp3) is 0.452. The first kappa shape index (κ1) is 29.4. The molecular formula is C31H40FN2O4P. The third-order valence-electron chi connectivity index (χ3n) is 7.42. The Morgan fingerprint density at radius 1 is 1.03 bits per heavy atom. The Balaban J connectivity index is 1.61. The predicted octanol–water partition coefficient (Wildman–Crippen LogP) is 6.88. The molecule has 0 radical (unpaired) electrons. The number of nitrogens with zero attached hydrogens (tertiary/aromatic N) is 2. The molecule has 6 nitrogen and oxygen atoms in total. The fourth-order valence-corrected chi connectivity index (χ4v) is 6.09. The molecule has 3 aromatic rings. The van der Waals surface area contributed by atoms with Crippen LogP contribution < -0.4 is 9.47 Å². The van der Waals surface area contributed by atoms with E-state index >= 15 is 0 Å². The maximum Gasteiger partial charge on any atom is 0.213 e. The van der Waals surface area contributed by atoms with Gasteiger partial charge in [-0.2, -0.15) is 0 Å². The Morgan fingerprint density at radius 3 is 2.41 bits per heavy atom. The normalized spacial score (nSPS) is 14.5. The van der Waals surface area contributed by atoms with Crippen LogP contribution in [0.2, 0.25) is 0 Å². The van der Waals surface area contributed by atoms with Crippen molar-refractivity contribution in [3.63, 3.8) is 0 Å². The van der Waals surface area contributed by atoms with Gasteiger partial charge in [0.2, 0.25) is 5.88 Å². The minimum atomic E-state index is -1.93. The van der Waals surface area contributed by atoms with Crippen molar-refractivity contribution in [2.45, 2.75) is 71.7 Å². The van der Waals surface area contributed by atoms with Gasteiger partial charge in [0.05, 0.1) is 13.3 Å². The van der Waals surface area contributed by atoms with Crippen LogP contribution in [0.25, 0.3) is 11.1 Å². The summed E-state index contributed by atoms with van der Waals surface area (Å²) >= 11 is 0. The van der Waals surface area contributed by atoms with Crippen molar-refractivity contribution in [3.05, 3.63) is 77.2 Å². The van der Waals surface area contributed by atoms with Gasteiger partial charge in [0.1, 0.15) is 18.2 Å². The van der Waals surface area contributed by atoms with Crippen molar-refractivity contribution in [2.24, 2.45) is 5.92 Å². The lowest BCUT2D eigenvalue weighted by Gasteiger charge is -2.31. The molecular weight excluding hydrogens is 514 g/mol. The lowest BCUT2D eigenvalue weighted by molar-refractivity contribution is 0.166. The summed E-state index contributed by atoms with van der Waals surface area (Å²) in [5.41, 5.74) is 4.36. The summed E-state index contributed by atoms with van der Waals surface area (Å²) in [6.45, 7) is 9.66. The second-order valence-corrected chi connectivity index (χ2v) is 12.0. The van der Waals surface area contributed by atoms with E-state index in [4.69, 9.17) is 9.47 Å². The van der Waals surface area contributed by atoms with E-state index in [1.54, 1.807) is 6.07 Å². The highest BCUT2D eigenvalue weighted by Crippen LogP contribution is 2.47. The Labute approximate surface area is 232 Å². The first-order valence-electron chi connectivity index (χ1n) is 13.6. The fourth-order valence-electron chi connectivity index (χ4n) is 5.23. The maximum atomic E-state index is 14.9. The van der Waals surface area contributed by atoms with Crippen molar-refractivity contribution in [2.75, 3.05) is 13.3 Å². The molecule has 1 aliphatic rings. The number of aromatic nitrogens is 1. The lowest BCUT2D eigenvalue weighted by atomic mass is 9.95. The average Bonchev–Trinajstić information content (AvgIpc) is 3.75. The van der Waals surface area contributed by atoms with Gasteiger partial charge in [0.15, 0.2) is 8.38 Å². The molecule has 0 amide bonds. The van der Waals surface area contributed by atoms with Crippen molar-refractivity contribution in [1.29, 1.82) is 0 Å². The predicted molar refractivity (Wildman–Crippen MR) is 154 cm³/mol. The zero-order valence-electron chi connectivity index (χ0n) is 23.5. The van der Waals surface area contributed by atoms with Gasteiger partial charge < -0.3 is 19.3 Å². The number of pyridine rings is 1. The summed E-state index contributed by atoms with van der Waals surface area (Å²) in [6.07, 6.45) is 3.88. The molecule has 1 unspecified atom stereocenters. The standard InChI is InChI=1S/C31H40FN2O4P/c1-20(2)34(21(3)4)17-25-14-26(11-12-27(25)28-15-31(37-5)33-16-30(28)32)38-18-22-7-6-8-24(13-22)29(19-39(35)36)23-9-10-23/h6-8,11-16,20-21,23,29,35-36H,9-10,17-19H2,1-5H3. The highest BCUT2D eigenvalue weighted by Gasteiger charge is 2.33. The quantitative estimate of drug-likeness (QED) is 0.224. The summed E-state index contributed by atoms with van der Waals surface area (Å²) in [6, 6.07) is 16.3. The molecule has 0 aliphatic heterocycles. The van der Waals surface area contributed by atoms with Gasteiger partial charge in [0.25, 0.3) is 0 Å². The van der Waals surface area contributed by atoms with E-state index in [2.05, 4.69) is 49.7 Å². The summed E-state index contributed by atoms with van der Waals surface area (Å²) in [5, 5.41) is 0. The van der Waals surface area contributed by atoms with Gasteiger partial charge in [-0.15, -0.1) is 0 Å². The first-order chi connectivity index (χ1) is 18.7. The van der Waals surface area contributed by atoms with E-state index in [1.165, 1.54) is 13.3 Å². The van der Waals surface area contributed by atoms with Crippen LogP contribution in [0.5, 0.6) is 11.6 Å². The summed E-state index contributed by atoms with van der Waals surface area (Å²) < 4.78 is 26.5. The van der Waals surface area contributed by atoms with Gasteiger partial charge in [-0.25, -0.2) is 9.37 Å². The molecule has 8 heteroatoms. The molecule has 2 N–H and O–H groups in total.